The highest BCUT2D eigenvalue weighted by Gasteiger charge is 2.13. The summed E-state index contributed by atoms with van der Waals surface area (Å²) < 4.78 is 4.43. The van der Waals surface area contributed by atoms with Crippen molar-refractivity contribution in [2.75, 3.05) is 7.11 Å². The Balaban J connectivity index is 2.51. The number of hydrogen-bond acceptors (Lipinski definition) is 3. The Kier molecular flexibility index (Phi) is 5.10. The monoisotopic (exact) mass is 263 g/mol. The Bertz CT molecular complexity index is 443. The van der Waals surface area contributed by atoms with E-state index in [0.717, 1.165) is 5.56 Å². The number of nitrogens with one attached hydrogen (secondary N) is 1. The predicted molar refractivity (Wildman–Crippen MR) is 73.6 cm³/mol. The van der Waals surface area contributed by atoms with Crippen molar-refractivity contribution in [2.24, 2.45) is 0 Å². The number of rotatable bonds is 4. The Morgan fingerprint density at radius 2 is 1.74 bits per heavy atom. The van der Waals surface area contributed by atoms with Gasteiger partial charge in [-0.05, 0) is 16.5 Å². The lowest BCUT2D eigenvalue weighted by Crippen LogP contribution is -2.25. The van der Waals surface area contributed by atoms with Crippen molar-refractivity contribution in [1.82, 2.24) is 5.32 Å². The van der Waals surface area contributed by atoms with E-state index in [2.05, 4.69) is 43.0 Å². The lowest BCUT2D eigenvalue weighted by atomic mass is 9.87. The first kappa shape index (κ1) is 15.2. The number of carbonyl (C=O) groups is 2. The molecule has 0 aromatic heterocycles. The van der Waals surface area contributed by atoms with Gasteiger partial charge < -0.3 is 10.1 Å². The fraction of sp³-hybridized carbons (Fsp3) is 0.467. The van der Waals surface area contributed by atoms with E-state index in [-0.39, 0.29) is 17.7 Å². The third-order valence-corrected chi connectivity index (χ3v) is 2.84. The molecule has 1 aromatic carbocycles. The predicted octanol–water partition coefficient (Wildman–Crippen LogP) is 2.16. The van der Waals surface area contributed by atoms with Crippen LogP contribution in [0, 0.1) is 0 Å². The Labute approximate surface area is 114 Å². The molecular formula is C15H21NO3. The molecule has 104 valence electrons. The molecule has 0 aliphatic rings. The lowest BCUT2D eigenvalue weighted by Gasteiger charge is -2.19. The SMILES string of the molecule is COC(=O)CC(=O)NCc1ccc(C(C)(C)C)cc1. The molecule has 0 aliphatic heterocycles. The van der Waals surface area contributed by atoms with Crippen molar-refractivity contribution < 1.29 is 14.3 Å². The van der Waals surface area contributed by atoms with Gasteiger partial charge in [0, 0.05) is 6.54 Å². The fourth-order valence-corrected chi connectivity index (χ4v) is 1.59. The lowest BCUT2D eigenvalue weighted by molar-refractivity contribution is -0.143. The fourth-order valence-electron chi connectivity index (χ4n) is 1.59. The van der Waals surface area contributed by atoms with Crippen LogP contribution < -0.4 is 5.32 Å². The van der Waals surface area contributed by atoms with Gasteiger partial charge in [-0.3, -0.25) is 9.59 Å². The molecule has 19 heavy (non-hydrogen) atoms. The highest BCUT2D eigenvalue weighted by molar-refractivity contribution is 5.94. The zero-order valence-electron chi connectivity index (χ0n) is 11.9. The summed E-state index contributed by atoms with van der Waals surface area (Å²) in [7, 11) is 1.26. The van der Waals surface area contributed by atoms with E-state index in [9.17, 15) is 9.59 Å². The van der Waals surface area contributed by atoms with Gasteiger partial charge in [0.2, 0.25) is 5.91 Å². The molecule has 0 spiro atoms. The molecule has 4 heteroatoms. The van der Waals surface area contributed by atoms with Crippen LogP contribution in [0.2, 0.25) is 0 Å². The topological polar surface area (TPSA) is 55.4 Å². The van der Waals surface area contributed by atoms with Crippen molar-refractivity contribution in [1.29, 1.82) is 0 Å². The van der Waals surface area contributed by atoms with E-state index in [1.165, 1.54) is 12.7 Å². The first-order valence-electron chi connectivity index (χ1n) is 6.26. The largest absolute Gasteiger partial charge is 0.469 e. The summed E-state index contributed by atoms with van der Waals surface area (Å²) in [6, 6.07) is 8.08. The molecule has 0 unspecified atom stereocenters. The average molecular weight is 263 g/mol. The van der Waals surface area contributed by atoms with E-state index in [0.29, 0.717) is 6.54 Å². The molecule has 0 radical (unpaired) electrons. The first-order valence-corrected chi connectivity index (χ1v) is 6.26. The second-order valence-electron chi connectivity index (χ2n) is 5.48. The maximum atomic E-state index is 11.4. The van der Waals surface area contributed by atoms with Crippen molar-refractivity contribution in [3.63, 3.8) is 0 Å². The van der Waals surface area contributed by atoms with Gasteiger partial charge >= 0.3 is 5.97 Å². The van der Waals surface area contributed by atoms with E-state index in [1.54, 1.807) is 0 Å². The zero-order chi connectivity index (χ0) is 14.5. The molecule has 1 amide bonds. The average Bonchev–Trinajstić information content (AvgIpc) is 2.35. The van der Waals surface area contributed by atoms with Crippen LogP contribution >= 0.6 is 0 Å². The third-order valence-electron chi connectivity index (χ3n) is 2.84. The molecule has 0 fully saturated rings. The van der Waals surface area contributed by atoms with E-state index in [1.807, 2.05) is 12.1 Å². The molecule has 1 N–H and O–H groups in total. The minimum atomic E-state index is -0.527. The first-order chi connectivity index (χ1) is 8.82. The highest BCUT2D eigenvalue weighted by Crippen LogP contribution is 2.22. The molecule has 0 heterocycles. The van der Waals surface area contributed by atoms with Crippen molar-refractivity contribution >= 4 is 11.9 Å². The van der Waals surface area contributed by atoms with Crippen LogP contribution in [0.1, 0.15) is 38.3 Å². The van der Waals surface area contributed by atoms with Crippen LogP contribution in [0.5, 0.6) is 0 Å². The summed E-state index contributed by atoms with van der Waals surface area (Å²) in [5.74, 6) is -0.854. The Hall–Kier alpha value is -1.84. The summed E-state index contributed by atoms with van der Waals surface area (Å²) >= 11 is 0. The summed E-state index contributed by atoms with van der Waals surface area (Å²) in [5, 5.41) is 2.68. The quantitative estimate of drug-likeness (QED) is 0.669. The maximum Gasteiger partial charge on any atom is 0.315 e. The molecule has 0 saturated carbocycles. The number of benzene rings is 1. The number of ether oxygens (including phenoxy) is 1. The number of esters is 1. The molecular weight excluding hydrogens is 242 g/mol. The van der Waals surface area contributed by atoms with Gasteiger partial charge in [-0.15, -0.1) is 0 Å². The molecule has 0 bridgehead atoms. The standard InChI is InChI=1S/C15H21NO3/c1-15(2,3)12-7-5-11(6-8-12)10-16-13(17)9-14(18)19-4/h5-8H,9-10H2,1-4H3,(H,16,17). The van der Waals surface area contributed by atoms with E-state index >= 15 is 0 Å². The molecule has 0 aliphatic carbocycles. The number of methoxy groups -OCH3 is 1. The number of carbonyl (C=O) groups excluding carboxylic acids is 2. The van der Waals surface area contributed by atoms with E-state index in [4.69, 9.17) is 0 Å². The number of hydrogen-bond donors (Lipinski definition) is 1. The van der Waals surface area contributed by atoms with Crippen molar-refractivity contribution in [3.8, 4) is 0 Å². The van der Waals surface area contributed by atoms with Gasteiger partial charge in [-0.25, -0.2) is 0 Å². The van der Waals surface area contributed by atoms with Gasteiger partial charge in [0.1, 0.15) is 6.42 Å². The molecule has 1 rings (SSSR count). The van der Waals surface area contributed by atoms with Crippen molar-refractivity contribution in [3.05, 3.63) is 35.4 Å². The molecule has 4 nitrogen and oxygen atoms in total. The smallest absolute Gasteiger partial charge is 0.315 e. The van der Waals surface area contributed by atoms with Crippen LogP contribution in [-0.2, 0) is 26.3 Å². The van der Waals surface area contributed by atoms with Gasteiger partial charge in [-0.2, -0.15) is 0 Å². The zero-order valence-corrected chi connectivity index (χ0v) is 11.9. The summed E-state index contributed by atoms with van der Waals surface area (Å²) in [6.45, 7) is 6.88. The normalized spacial score (nSPS) is 10.9. The van der Waals surface area contributed by atoms with Crippen LogP contribution in [0.25, 0.3) is 0 Å². The third kappa shape index (κ3) is 5.12. The molecule has 0 atom stereocenters. The van der Waals surface area contributed by atoms with Crippen LogP contribution in [0.15, 0.2) is 24.3 Å². The Morgan fingerprint density at radius 1 is 1.16 bits per heavy atom. The minimum Gasteiger partial charge on any atom is -0.469 e. The van der Waals surface area contributed by atoms with Gasteiger partial charge in [0.25, 0.3) is 0 Å². The maximum absolute atomic E-state index is 11.4. The van der Waals surface area contributed by atoms with Gasteiger partial charge in [0.05, 0.1) is 7.11 Å². The minimum absolute atomic E-state index is 0.118. The summed E-state index contributed by atoms with van der Waals surface area (Å²) in [4.78, 5) is 22.3. The molecule has 0 saturated heterocycles. The van der Waals surface area contributed by atoms with E-state index < -0.39 is 5.97 Å². The van der Waals surface area contributed by atoms with Gasteiger partial charge in [-0.1, -0.05) is 45.0 Å². The highest BCUT2D eigenvalue weighted by atomic mass is 16.5. The van der Waals surface area contributed by atoms with Crippen LogP contribution in [0.3, 0.4) is 0 Å². The van der Waals surface area contributed by atoms with Crippen LogP contribution in [-0.4, -0.2) is 19.0 Å². The van der Waals surface area contributed by atoms with Crippen molar-refractivity contribution in [2.45, 2.75) is 39.2 Å². The van der Waals surface area contributed by atoms with Crippen LogP contribution in [0.4, 0.5) is 0 Å². The number of amides is 1. The summed E-state index contributed by atoms with van der Waals surface area (Å²) in [6.07, 6.45) is -0.240. The van der Waals surface area contributed by atoms with Gasteiger partial charge in [0.15, 0.2) is 0 Å². The second kappa shape index (κ2) is 6.36. The molecule has 1 aromatic rings. The Morgan fingerprint density at radius 3 is 2.21 bits per heavy atom. The summed E-state index contributed by atoms with van der Waals surface area (Å²) in [5.41, 5.74) is 2.37. The second-order valence-corrected chi connectivity index (χ2v) is 5.48.